The van der Waals surface area contributed by atoms with Gasteiger partial charge in [-0.2, -0.15) is 0 Å². The average molecular weight is 328 g/mol. The van der Waals surface area contributed by atoms with Gasteiger partial charge in [0.15, 0.2) is 5.82 Å². The van der Waals surface area contributed by atoms with Crippen molar-refractivity contribution in [3.05, 3.63) is 95.7 Å². The van der Waals surface area contributed by atoms with Crippen LogP contribution in [-0.2, 0) is 10.3 Å². The van der Waals surface area contributed by atoms with Crippen LogP contribution in [0.15, 0.2) is 84.0 Å². The van der Waals surface area contributed by atoms with Crippen LogP contribution in [0.25, 0.3) is 0 Å². The van der Waals surface area contributed by atoms with E-state index in [4.69, 9.17) is 9.73 Å². The summed E-state index contributed by atoms with van der Waals surface area (Å²) in [5, 5.41) is 0. The molecular formula is C22H20N2O. The number of ether oxygens (including phenoxy) is 1. The molecule has 3 nitrogen and oxygen atoms in total. The summed E-state index contributed by atoms with van der Waals surface area (Å²) in [6.07, 6.45) is 4.02. The van der Waals surface area contributed by atoms with Crippen LogP contribution in [0.5, 0.6) is 0 Å². The Labute approximate surface area is 148 Å². The molecule has 1 aliphatic rings. The van der Waals surface area contributed by atoms with Crippen molar-refractivity contribution in [1.82, 2.24) is 4.98 Å². The van der Waals surface area contributed by atoms with E-state index >= 15 is 0 Å². The lowest BCUT2D eigenvalue weighted by Gasteiger charge is -2.13. The fraction of sp³-hybridized carbons (Fsp3) is 0.182. The number of methoxy groups -OCH3 is 1. The Hall–Kier alpha value is -2.78. The van der Waals surface area contributed by atoms with E-state index in [0.717, 1.165) is 35.2 Å². The van der Waals surface area contributed by atoms with Crippen molar-refractivity contribution in [2.45, 2.75) is 18.4 Å². The molecule has 1 aromatic heterocycles. The third-order valence-corrected chi connectivity index (χ3v) is 4.69. The van der Waals surface area contributed by atoms with Gasteiger partial charge in [0, 0.05) is 30.0 Å². The number of nitrogens with zero attached hydrogens (tertiary/aromatic N) is 2. The molecule has 25 heavy (non-hydrogen) atoms. The quantitative estimate of drug-likeness (QED) is 0.625. The highest BCUT2D eigenvalue weighted by atomic mass is 16.5. The molecule has 0 radical (unpaired) electrons. The molecule has 124 valence electrons. The van der Waals surface area contributed by atoms with E-state index in [1.54, 1.807) is 7.11 Å². The van der Waals surface area contributed by atoms with Crippen LogP contribution in [0, 0.1) is 0 Å². The van der Waals surface area contributed by atoms with Gasteiger partial charge in [0.2, 0.25) is 0 Å². The van der Waals surface area contributed by atoms with Crippen molar-refractivity contribution in [3.63, 3.8) is 0 Å². The molecule has 1 saturated carbocycles. The summed E-state index contributed by atoms with van der Waals surface area (Å²) in [6.45, 7) is 0. The first-order valence-electron chi connectivity index (χ1n) is 8.52. The Morgan fingerprint density at radius 3 is 1.92 bits per heavy atom. The van der Waals surface area contributed by atoms with Crippen molar-refractivity contribution in [3.8, 4) is 0 Å². The molecule has 0 aliphatic heterocycles. The lowest BCUT2D eigenvalue weighted by Crippen LogP contribution is -2.09. The van der Waals surface area contributed by atoms with Gasteiger partial charge in [0.05, 0.1) is 11.3 Å². The molecule has 3 aromatic rings. The van der Waals surface area contributed by atoms with Gasteiger partial charge in [-0.15, -0.1) is 0 Å². The first-order chi connectivity index (χ1) is 12.3. The Morgan fingerprint density at radius 1 is 0.880 bits per heavy atom. The molecule has 0 amide bonds. The fourth-order valence-electron chi connectivity index (χ4n) is 3.05. The molecular weight excluding hydrogens is 308 g/mol. The summed E-state index contributed by atoms with van der Waals surface area (Å²) in [5.74, 6) is 0.707. The van der Waals surface area contributed by atoms with Crippen molar-refractivity contribution in [1.29, 1.82) is 0 Å². The summed E-state index contributed by atoms with van der Waals surface area (Å²) in [7, 11) is 1.77. The minimum absolute atomic E-state index is 0.114. The predicted molar refractivity (Wildman–Crippen MR) is 100 cm³/mol. The van der Waals surface area contributed by atoms with E-state index in [1.165, 1.54) is 0 Å². The molecule has 1 fully saturated rings. The predicted octanol–water partition coefficient (Wildman–Crippen LogP) is 4.89. The van der Waals surface area contributed by atoms with Gasteiger partial charge in [-0.1, -0.05) is 66.7 Å². The molecule has 0 unspecified atom stereocenters. The number of benzene rings is 2. The van der Waals surface area contributed by atoms with Gasteiger partial charge in [0.1, 0.15) is 0 Å². The number of aromatic nitrogens is 1. The Bertz CT molecular complexity index is 825. The Balaban J connectivity index is 1.72. The third-order valence-electron chi connectivity index (χ3n) is 4.69. The van der Waals surface area contributed by atoms with Crippen molar-refractivity contribution in [2.24, 2.45) is 4.99 Å². The monoisotopic (exact) mass is 328 g/mol. The zero-order chi connectivity index (χ0) is 17.1. The van der Waals surface area contributed by atoms with Gasteiger partial charge in [-0.05, 0) is 18.9 Å². The van der Waals surface area contributed by atoms with Gasteiger partial charge in [0.25, 0.3) is 0 Å². The van der Waals surface area contributed by atoms with E-state index in [9.17, 15) is 0 Å². The zero-order valence-electron chi connectivity index (χ0n) is 14.2. The maximum atomic E-state index is 5.62. The maximum Gasteiger partial charge on any atom is 0.152 e. The molecule has 0 bridgehead atoms. The van der Waals surface area contributed by atoms with Crippen LogP contribution in [0.1, 0.15) is 29.5 Å². The zero-order valence-corrected chi connectivity index (χ0v) is 14.2. The highest BCUT2D eigenvalue weighted by Crippen LogP contribution is 2.48. The van der Waals surface area contributed by atoms with Gasteiger partial charge < -0.3 is 4.74 Å². The van der Waals surface area contributed by atoms with Crippen molar-refractivity contribution < 1.29 is 4.74 Å². The van der Waals surface area contributed by atoms with Crippen molar-refractivity contribution >= 4 is 11.5 Å². The largest absolute Gasteiger partial charge is 0.373 e. The van der Waals surface area contributed by atoms with Crippen LogP contribution >= 0.6 is 0 Å². The highest BCUT2D eigenvalue weighted by Gasteiger charge is 2.44. The van der Waals surface area contributed by atoms with Crippen LogP contribution < -0.4 is 0 Å². The summed E-state index contributed by atoms with van der Waals surface area (Å²) >= 11 is 0. The smallest absolute Gasteiger partial charge is 0.152 e. The average Bonchev–Trinajstić information content (AvgIpc) is 3.49. The standard InChI is InChI=1S/C22H20N2O/c1-25-22(14-15-22)19-12-13-20(23-16-19)24-21(17-8-4-2-5-9-17)18-10-6-3-7-11-18/h2-13,16H,14-15H2,1H3. The molecule has 0 atom stereocenters. The van der Waals surface area contributed by atoms with Crippen molar-refractivity contribution in [2.75, 3.05) is 7.11 Å². The van der Waals surface area contributed by atoms with Gasteiger partial charge in [-0.25, -0.2) is 9.98 Å². The molecule has 1 aliphatic carbocycles. The van der Waals surface area contributed by atoms with Gasteiger partial charge in [-0.3, -0.25) is 0 Å². The van der Waals surface area contributed by atoms with Crippen LogP contribution in [0.4, 0.5) is 5.82 Å². The molecule has 0 saturated heterocycles. The second-order valence-electron chi connectivity index (χ2n) is 6.30. The minimum Gasteiger partial charge on any atom is -0.373 e. The number of hydrogen-bond acceptors (Lipinski definition) is 3. The van der Waals surface area contributed by atoms with E-state index in [1.807, 2.05) is 48.7 Å². The first-order valence-corrected chi connectivity index (χ1v) is 8.52. The molecule has 2 aromatic carbocycles. The third kappa shape index (κ3) is 3.24. The number of pyridine rings is 1. The molecule has 0 spiro atoms. The SMILES string of the molecule is COC1(c2ccc(N=C(c3ccccc3)c3ccccc3)nc2)CC1. The summed E-state index contributed by atoms with van der Waals surface area (Å²) in [4.78, 5) is 9.39. The molecule has 0 N–H and O–H groups in total. The van der Waals surface area contributed by atoms with E-state index in [-0.39, 0.29) is 5.60 Å². The van der Waals surface area contributed by atoms with E-state index in [0.29, 0.717) is 5.82 Å². The van der Waals surface area contributed by atoms with Crippen LogP contribution in [0.2, 0.25) is 0 Å². The molecule has 1 heterocycles. The molecule has 3 heteroatoms. The number of aliphatic imine (C=N–C) groups is 1. The van der Waals surface area contributed by atoms with Gasteiger partial charge >= 0.3 is 0 Å². The molecule has 4 rings (SSSR count). The Morgan fingerprint density at radius 2 is 1.48 bits per heavy atom. The van der Waals surface area contributed by atoms with E-state index in [2.05, 4.69) is 35.3 Å². The summed E-state index contributed by atoms with van der Waals surface area (Å²) in [6, 6.07) is 24.5. The Kier molecular flexibility index (Phi) is 4.16. The number of rotatable bonds is 5. The summed E-state index contributed by atoms with van der Waals surface area (Å²) < 4.78 is 5.62. The highest BCUT2D eigenvalue weighted by molar-refractivity contribution is 6.13. The minimum atomic E-state index is -0.114. The fourth-order valence-corrected chi connectivity index (χ4v) is 3.05. The topological polar surface area (TPSA) is 34.5 Å². The number of hydrogen-bond donors (Lipinski definition) is 0. The second-order valence-corrected chi connectivity index (χ2v) is 6.30. The van der Waals surface area contributed by atoms with E-state index < -0.39 is 0 Å². The first kappa shape index (κ1) is 15.7. The summed E-state index contributed by atoms with van der Waals surface area (Å²) in [5.41, 5.74) is 4.10. The normalized spacial score (nSPS) is 14.8. The maximum absolute atomic E-state index is 5.62. The van der Waals surface area contributed by atoms with Crippen LogP contribution in [-0.4, -0.2) is 17.8 Å². The lowest BCUT2D eigenvalue weighted by atomic mass is 10.0. The van der Waals surface area contributed by atoms with Crippen LogP contribution in [0.3, 0.4) is 0 Å². The second kappa shape index (κ2) is 6.61. The lowest BCUT2D eigenvalue weighted by molar-refractivity contribution is 0.0786.